The number of hydrogen-bond donors (Lipinski definition) is 1. The number of carbonyl (C=O) groups is 1. The Kier molecular flexibility index (Phi) is 4.96. The average molecular weight is 305 g/mol. The molecule has 0 aromatic carbocycles. The largest absolute Gasteiger partial charge is 0.350 e. The number of nitrogens with zero attached hydrogens (tertiary/aromatic N) is 2. The van der Waals surface area contributed by atoms with Crippen molar-refractivity contribution in [3.8, 4) is 0 Å². The highest BCUT2D eigenvalue weighted by Crippen LogP contribution is 2.23. The molecular weight excluding hydrogens is 281 g/mol. The van der Waals surface area contributed by atoms with Crippen molar-refractivity contribution in [2.75, 3.05) is 13.1 Å². The van der Waals surface area contributed by atoms with Crippen LogP contribution in [0.15, 0.2) is 24.5 Å². The minimum absolute atomic E-state index is 0.0387. The Hall–Kier alpha value is -1.75. The van der Waals surface area contributed by atoms with E-state index >= 15 is 0 Å². The zero-order valence-electron chi connectivity index (χ0n) is 13.7. The molecule has 1 atom stereocenters. The molecule has 1 aliphatic heterocycles. The van der Waals surface area contributed by atoms with Crippen LogP contribution in [-0.4, -0.2) is 40.5 Å². The van der Waals surface area contributed by atoms with E-state index in [9.17, 15) is 9.18 Å². The molecule has 0 bridgehead atoms. The number of nitrogens with one attached hydrogen (secondary N) is 1. The number of halogens is 1. The van der Waals surface area contributed by atoms with E-state index in [2.05, 4.69) is 21.3 Å². The zero-order chi connectivity index (χ0) is 16.3. The zero-order valence-corrected chi connectivity index (χ0v) is 13.7. The highest BCUT2D eigenvalue weighted by Gasteiger charge is 2.26. The molecule has 1 aromatic rings. The molecule has 1 amide bonds. The van der Waals surface area contributed by atoms with Gasteiger partial charge in [-0.1, -0.05) is 6.08 Å². The van der Waals surface area contributed by atoms with Crippen LogP contribution in [0.25, 0.3) is 5.57 Å². The normalized spacial score (nSPS) is 17.8. The van der Waals surface area contributed by atoms with Crippen molar-refractivity contribution in [1.29, 1.82) is 0 Å². The summed E-state index contributed by atoms with van der Waals surface area (Å²) in [7, 11) is 0. The van der Waals surface area contributed by atoms with Gasteiger partial charge in [0.2, 0.25) is 5.91 Å². The maximum absolute atomic E-state index is 13.2. The van der Waals surface area contributed by atoms with E-state index in [0.29, 0.717) is 6.54 Å². The standard InChI is InChI=1S/C17H24FN3O/c1-12(16(22)20-17(2,3)4)21-7-5-13(6-8-21)14-9-15(18)11-19-10-14/h5,9-12H,6-8H2,1-4H3,(H,20,22). The summed E-state index contributed by atoms with van der Waals surface area (Å²) < 4.78 is 13.2. The Balaban J connectivity index is 2.00. The van der Waals surface area contributed by atoms with Crippen LogP contribution in [0.5, 0.6) is 0 Å². The van der Waals surface area contributed by atoms with E-state index < -0.39 is 0 Å². The van der Waals surface area contributed by atoms with Crippen molar-refractivity contribution in [2.24, 2.45) is 0 Å². The van der Waals surface area contributed by atoms with Crippen LogP contribution in [0.3, 0.4) is 0 Å². The predicted molar refractivity (Wildman–Crippen MR) is 85.7 cm³/mol. The highest BCUT2D eigenvalue weighted by molar-refractivity contribution is 5.82. The van der Waals surface area contributed by atoms with Gasteiger partial charge in [-0.2, -0.15) is 0 Å². The average Bonchev–Trinajstić information content (AvgIpc) is 2.45. The minimum atomic E-state index is -0.321. The van der Waals surface area contributed by atoms with Crippen molar-refractivity contribution < 1.29 is 9.18 Å². The monoisotopic (exact) mass is 305 g/mol. The van der Waals surface area contributed by atoms with Gasteiger partial charge in [0.1, 0.15) is 5.82 Å². The third kappa shape index (κ3) is 4.37. The first-order chi connectivity index (χ1) is 10.3. The van der Waals surface area contributed by atoms with Crippen LogP contribution < -0.4 is 5.32 Å². The molecule has 0 radical (unpaired) electrons. The van der Waals surface area contributed by atoms with Gasteiger partial charge in [-0.05, 0) is 51.3 Å². The van der Waals surface area contributed by atoms with Crippen LogP contribution in [0.1, 0.15) is 39.7 Å². The molecule has 1 aliphatic rings. The van der Waals surface area contributed by atoms with Crippen molar-refractivity contribution in [3.63, 3.8) is 0 Å². The van der Waals surface area contributed by atoms with Crippen molar-refractivity contribution in [1.82, 2.24) is 15.2 Å². The van der Waals surface area contributed by atoms with Gasteiger partial charge < -0.3 is 5.32 Å². The molecule has 1 aromatic heterocycles. The molecule has 0 spiro atoms. The molecule has 1 N–H and O–H groups in total. The molecule has 4 nitrogen and oxygen atoms in total. The molecule has 120 valence electrons. The van der Waals surface area contributed by atoms with Gasteiger partial charge in [-0.25, -0.2) is 4.39 Å². The van der Waals surface area contributed by atoms with Gasteiger partial charge in [0.25, 0.3) is 0 Å². The third-order valence-electron chi connectivity index (χ3n) is 3.74. The smallest absolute Gasteiger partial charge is 0.237 e. The van der Waals surface area contributed by atoms with E-state index in [1.807, 2.05) is 27.7 Å². The Morgan fingerprint density at radius 2 is 2.14 bits per heavy atom. The minimum Gasteiger partial charge on any atom is -0.350 e. The molecule has 1 unspecified atom stereocenters. The highest BCUT2D eigenvalue weighted by atomic mass is 19.1. The molecule has 0 aliphatic carbocycles. The third-order valence-corrected chi connectivity index (χ3v) is 3.74. The summed E-state index contributed by atoms with van der Waals surface area (Å²) in [6.07, 6.45) is 5.73. The fraction of sp³-hybridized carbons (Fsp3) is 0.529. The molecule has 5 heteroatoms. The van der Waals surface area contributed by atoms with Crippen LogP contribution in [0, 0.1) is 5.82 Å². The Labute approximate surface area is 131 Å². The molecule has 2 heterocycles. The number of pyridine rings is 1. The van der Waals surface area contributed by atoms with E-state index in [1.165, 1.54) is 12.3 Å². The SMILES string of the molecule is CC(C(=O)NC(C)(C)C)N1CC=C(c2cncc(F)c2)CC1. The molecule has 0 fully saturated rings. The summed E-state index contributed by atoms with van der Waals surface area (Å²) >= 11 is 0. The van der Waals surface area contributed by atoms with Gasteiger partial charge in [0.05, 0.1) is 12.2 Å². The lowest BCUT2D eigenvalue weighted by molar-refractivity contribution is -0.127. The van der Waals surface area contributed by atoms with E-state index in [-0.39, 0.29) is 23.3 Å². The summed E-state index contributed by atoms with van der Waals surface area (Å²) in [6.45, 7) is 9.31. The van der Waals surface area contributed by atoms with Crippen molar-refractivity contribution in [3.05, 3.63) is 35.9 Å². The first-order valence-electron chi connectivity index (χ1n) is 7.62. The summed E-state index contributed by atoms with van der Waals surface area (Å²) in [5.41, 5.74) is 1.69. The summed E-state index contributed by atoms with van der Waals surface area (Å²) in [5.74, 6) is -0.282. The summed E-state index contributed by atoms with van der Waals surface area (Å²) in [4.78, 5) is 18.2. The topological polar surface area (TPSA) is 45.2 Å². The van der Waals surface area contributed by atoms with Gasteiger partial charge in [0, 0.05) is 24.8 Å². The number of hydrogen-bond acceptors (Lipinski definition) is 3. The van der Waals surface area contributed by atoms with Crippen molar-refractivity contribution >= 4 is 11.5 Å². The Morgan fingerprint density at radius 1 is 1.41 bits per heavy atom. The second kappa shape index (κ2) is 6.57. The van der Waals surface area contributed by atoms with Crippen LogP contribution >= 0.6 is 0 Å². The molecular formula is C17H24FN3O. The lowest BCUT2D eigenvalue weighted by Gasteiger charge is -2.33. The van der Waals surface area contributed by atoms with E-state index in [4.69, 9.17) is 0 Å². The first-order valence-corrected chi connectivity index (χ1v) is 7.62. The molecule has 22 heavy (non-hydrogen) atoms. The summed E-state index contributed by atoms with van der Waals surface area (Å²) in [5, 5.41) is 3.01. The van der Waals surface area contributed by atoms with Crippen LogP contribution in [-0.2, 0) is 4.79 Å². The quantitative estimate of drug-likeness (QED) is 0.933. The van der Waals surface area contributed by atoms with Gasteiger partial charge in [-0.3, -0.25) is 14.7 Å². The summed E-state index contributed by atoms with van der Waals surface area (Å²) in [6, 6.07) is 1.33. The maximum atomic E-state index is 13.2. The van der Waals surface area contributed by atoms with E-state index in [1.54, 1.807) is 6.20 Å². The van der Waals surface area contributed by atoms with Crippen molar-refractivity contribution in [2.45, 2.75) is 45.7 Å². The first kappa shape index (κ1) is 16.6. The second-order valence-corrected chi connectivity index (χ2v) is 6.78. The maximum Gasteiger partial charge on any atom is 0.237 e. The Bertz CT molecular complexity index is 578. The molecule has 2 rings (SSSR count). The predicted octanol–water partition coefficient (Wildman–Crippen LogP) is 2.61. The lowest BCUT2D eigenvalue weighted by atomic mass is 10.00. The number of carbonyl (C=O) groups excluding carboxylic acids is 1. The van der Waals surface area contributed by atoms with Gasteiger partial charge in [0.15, 0.2) is 0 Å². The molecule has 0 saturated heterocycles. The van der Waals surface area contributed by atoms with Crippen LogP contribution in [0.2, 0.25) is 0 Å². The lowest BCUT2D eigenvalue weighted by Crippen LogP contribution is -2.51. The molecule has 0 saturated carbocycles. The fourth-order valence-corrected chi connectivity index (χ4v) is 2.53. The number of aromatic nitrogens is 1. The van der Waals surface area contributed by atoms with Gasteiger partial charge >= 0.3 is 0 Å². The van der Waals surface area contributed by atoms with E-state index in [0.717, 1.165) is 24.1 Å². The number of rotatable bonds is 3. The van der Waals surface area contributed by atoms with Gasteiger partial charge in [-0.15, -0.1) is 0 Å². The van der Waals surface area contributed by atoms with Crippen LogP contribution in [0.4, 0.5) is 4.39 Å². The second-order valence-electron chi connectivity index (χ2n) is 6.78. The fourth-order valence-electron chi connectivity index (χ4n) is 2.53. The Morgan fingerprint density at radius 3 is 2.68 bits per heavy atom. The number of amides is 1.